The predicted molar refractivity (Wildman–Crippen MR) is 85.2 cm³/mol. The number of amides is 1. The van der Waals surface area contributed by atoms with Crippen molar-refractivity contribution >= 4 is 5.91 Å². The zero-order valence-electron chi connectivity index (χ0n) is 13.5. The first-order chi connectivity index (χ1) is 10.2. The highest BCUT2D eigenvalue weighted by Crippen LogP contribution is 2.31. The first-order valence-corrected chi connectivity index (χ1v) is 8.97. The second kappa shape index (κ2) is 7.10. The minimum Gasteiger partial charge on any atom is -0.341 e. The Morgan fingerprint density at radius 2 is 1.86 bits per heavy atom. The lowest BCUT2D eigenvalue weighted by molar-refractivity contribution is -0.134. The van der Waals surface area contributed by atoms with Gasteiger partial charge in [-0.25, -0.2) is 0 Å². The Morgan fingerprint density at radius 3 is 2.57 bits per heavy atom. The summed E-state index contributed by atoms with van der Waals surface area (Å²) in [6.07, 6.45) is 7.73. The van der Waals surface area contributed by atoms with Crippen LogP contribution in [0.4, 0.5) is 0 Å². The normalized spacial score (nSPS) is 30.0. The molecule has 0 aromatic rings. The molecule has 2 unspecified atom stereocenters. The molecule has 1 saturated carbocycles. The predicted octanol–water partition coefficient (Wildman–Crippen LogP) is 1.71. The molecule has 0 bridgehead atoms. The number of nitrogens with zero attached hydrogens (tertiary/aromatic N) is 2. The van der Waals surface area contributed by atoms with E-state index in [0.29, 0.717) is 11.9 Å². The van der Waals surface area contributed by atoms with E-state index in [1.54, 1.807) is 0 Å². The quantitative estimate of drug-likeness (QED) is 0.857. The third-order valence-corrected chi connectivity index (χ3v) is 5.73. The van der Waals surface area contributed by atoms with E-state index in [2.05, 4.69) is 22.0 Å². The number of hydrogen-bond acceptors (Lipinski definition) is 3. The van der Waals surface area contributed by atoms with Crippen LogP contribution in [0.2, 0.25) is 0 Å². The van der Waals surface area contributed by atoms with Crippen molar-refractivity contribution in [2.45, 2.75) is 51.5 Å². The standard InChI is InChI=1S/C17H31N3O/c1-14(12-15-4-2-3-5-15)17(21)20-9-6-16(13-20)19-10-7-18-8-11-19/h14-16,18H,2-13H2,1H3. The van der Waals surface area contributed by atoms with Crippen LogP contribution in [0.3, 0.4) is 0 Å². The van der Waals surface area contributed by atoms with E-state index in [1.165, 1.54) is 32.1 Å². The largest absolute Gasteiger partial charge is 0.341 e. The number of piperazine rings is 1. The van der Waals surface area contributed by atoms with Crippen molar-refractivity contribution in [3.05, 3.63) is 0 Å². The summed E-state index contributed by atoms with van der Waals surface area (Å²) in [5.41, 5.74) is 0. The van der Waals surface area contributed by atoms with Crippen molar-refractivity contribution in [3.63, 3.8) is 0 Å². The maximum absolute atomic E-state index is 12.7. The second-order valence-electron chi connectivity index (χ2n) is 7.30. The molecule has 1 N–H and O–H groups in total. The minimum absolute atomic E-state index is 0.231. The molecule has 4 heteroatoms. The molecule has 0 aromatic heterocycles. The monoisotopic (exact) mass is 293 g/mol. The van der Waals surface area contributed by atoms with Gasteiger partial charge in [0.05, 0.1) is 0 Å². The van der Waals surface area contributed by atoms with Gasteiger partial charge in [0.1, 0.15) is 0 Å². The van der Waals surface area contributed by atoms with Gasteiger partial charge in [0.25, 0.3) is 0 Å². The van der Waals surface area contributed by atoms with Gasteiger partial charge in [0.2, 0.25) is 5.91 Å². The summed E-state index contributed by atoms with van der Waals surface area (Å²) in [7, 11) is 0. The van der Waals surface area contributed by atoms with Crippen LogP contribution in [0.25, 0.3) is 0 Å². The first-order valence-electron chi connectivity index (χ1n) is 8.97. The Morgan fingerprint density at radius 1 is 1.14 bits per heavy atom. The van der Waals surface area contributed by atoms with E-state index in [0.717, 1.165) is 51.6 Å². The van der Waals surface area contributed by atoms with Crippen LogP contribution in [-0.4, -0.2) is 61.0 Å². The zero-order chi connectivity index (χ0) is 14.7. The number of rotatable bonds is 4. The Bertz CT molecular complexity index is 348. The molecule has 2 heterocycles. The summed E-state index contributed by atoms with van der Waals surface area (Å²) in [6.45, 7) is 8.58. The van der Waals surface area contributed by atoms with Crippen LogP contribution in [0.15, 0.2) is 0 Å². The molecule has 1 aliphatic carbocycles. The highest BCUT2D eigenvalue weighted by molar-refractivity contribution is 5.78. The molecule has 4 nitrogen and oxygen atoms in total. The molecular formula is C17H31N3O. The van der Waals surface area contributed by atoms with Gasteiger partial charge < -0.3 is 10.2 Å². The van der Waals surface area contributed by atoms with Gasteiger partial charge >= 0.3 is 0 Å². The first kappa shape index (κ1) is 15.3. The molecule has 3 fully saturated rings. The maximum Gasteiger partial charge on any atom is 0.225 e. The summed E-state index contributed by atoms with van der Waals surface area (Å²) >= 11 is 0. The molecule has 120 valence electrons. The zero-order valence-corrected chi connectivity index (χ0v) is 13.5. The molecule has 0 spiro atoms. The van der Waals surface area contributed by atoms with Gasteiger partial charge in [-0.05, 0) is 18.8 Å². The third kappa shape index (κ3) is 3.78. The van der Waals surface area contributed by atoms with Crippen molar-refractivity contribution in [1.29, 1.82) is 0 Å². The van der Waals surface area contributed by atoms with E-state index < -0.39 is 0 Å². The lowest BCUT2D eigenvalue weighted by atomic mass is 9.93. The van der Waals surface area contributed by atoms with Gasteiger partial charge in [-0.2, -0.15) is 0 Å². The van der Waals surface area contributed by atoms with E-state index in [9.17, 15) is 4.79 Å². The van der Waals surface area contributed by atoms with Crippen LogP contribution < -0.4 is 5.32 Å². The summed E-state index contributed by atoms with van der Waals surface area (Å²) in [4.78, 5) is 17.4. The van der Waals surface area contributed by atoms with Crippen LogP contribution in [-0.2, 0) is 4.79 Å². The highest BCUT2D eigenvalue weighted by Gasteiger charge is 2.33. The molecular weight excluding hydrogens is 262 g/mol. The molecule has 0 radical (unpaired) electrons. The molecule has 0 aromatic carbocycles. The molecule has 1 amide bonds. The molecule has 3 rings (SSSR count). The lowest BCUT2D eigenvalue weighted by Crippen LogP contribution is -2.49. The summed E-state index contributed by atoms with van der Waals surface area (Å²) in [5.74, 6) is 1.46. The van der Waals surface area contributed by atoms with Crippen molar-refractivity contribution in [2.75, 3.05) is 39.3 Å². The van der Waals surface area contributed by atoms with Gasteiger partial charge in [-0.3, -0.25) is 9.69 Å². The topological polar surface area (TPSA) is 35.6 Å². The van der Waals surface area contributed by atoms with Gasteiger partial charge in [-0.15, -0.1) is 0 Å². The molecule has 2 saturated heterocycles. The third-order valence-electron chi connectivity index (χ3n) is 5.73. The van der Waals surface area contributed by atoms with Gasteiger partial charge in [0.15, 0.2) is 0 Å². The van der Waals surface area contributed by atoms with Crippen molar-refractivity contribution in [3.8, 4) is 0 Å². The van der Waals surface area contributed by atoms with Crippen LogP contribution in [0, 0.1) is 11.8 Å². The Labute approximate surface area is 129 Å². The minimum atomic E-state index is 0.231. The van der Waals surface area contributed by atoms with E-state index in [-0.39, 0.29) is 5.92 Å². The van der Waals surface area contributed by atoms with Crippen LogP contribution in [0.5, 0.6) is 0 Å². The summed E-state index contributed by atoms with van der Waals surface area (Å²) < 4.78 is 0. The average Bonchev–Trinajstić information content (AvgIpc) is 3.18. The Balaban J connectivity index is 1.46. The van der Waals surface area contributed by atoms with E-state index in [1.807, 2.05) is 0 Å². The van der Waals surface area contributed by atoms with E-state index >= 15 is 0 Å². The van der Waals surface area contributed by atoms with E-state index in [4.69, 9.17) is 0 Å². The second-order valence-corrected chi connectivity index (χ2v) is 7.30. The van der Waals surface area contributed by atoms with Crippen LogP contribution in [0.1, 0.15) is 45.4 Å². The van der Waals surface area contributed by atoms with Crippen molar-refractivity contribution in [2.24, 2.45) is 11.8 Å². The van der Waals surface area contributed by atoms with Gasteiger partial charge in [-0.1, -0.05) is 32.6 Å². The molecule has 3 aliphatic rings. The number of likely N-dealkylation sites (tertiary alicyclic amines) is 1. The van der Waals surface area contributed by atoms with Gasteiger partial charge in [0, 0.05) is 51.2 Å². The highest BCUT2D eigenvalue weighted by atomic mass is 16.2. The summed E-state index contributed by atoms with van der Waals surface area (Å²) in [6, 6.07) is 0.606. The fraction of sp³-hybridized carbons (Fsp3) is 0.941. The van der Waals surface area contributed by atoms with Crippen molar-refractivity contribution in [1.82, 2.24) is 15.1 Å². The lowest BCUT2D eigenvalue weighted by Gasteiger charge is -2.32. The number of carbonyl (C=O) groups is 1. The molecule has 2 aliphatic heterocycles. The smallest absolute Gasteiger partial charge is 0.225 e. The fourth-order valence-corrected chi connectivity index (χ4v) is 4.45. The number of nitrogens with one attached hydrogen (secondary N) is 1. The Kier molecular flexibility index (Phi) is 5.17. The molecule has 2 atom stereocenters. The van der Waals surface area contributed by atoms with Crippen LogP contribution >= 0.6 is 0 Å². The number of carbonyl (C=O) groups excluding carboxylic acids is 1. The number of hydrogen-bond donors (Lipinski definition) is 1. The maximum atomic E-state index is 12.7. The fourth-order valence-electron chi connectivity index (χ4n) is 4.45. The molecule has 21 heavy (non-hydrogen) atoms. The Hall–Kier alpha value is -0.610. The SMILES string of the molecule is CC(CC1CCCC1)C(=O)N1CCC(N2CCNCC2)C1. The average molecular weight is 293 g/mol. The summed E-state index contributed by atoms with van der Waals surface area (Å²) in [5, 5.41) is 3.41. The van der Waals surface area contributed by atoms with Crippen molar-refractivity contribution < 1.29 is 4.79 Å².